The minimum atomic E-state index is 0.495. The Bertz CT molecular complexity index is 95.1. The second-order valence-electron chi connectivity index (χ2n) is 5.28. The molecule has 0 aliphatic carbocycles. The highest BCUT2D eigenvalue weighted by molar-refractivity contribution is 4.81. The monoisotopic (exact) mass is 155 g/mol. The van der Waals surface area contributed by atoms with Crippen LogP contribution in [0.2, 0.25) is 0 Å². The molecular weight excluding hydrogens is 132 g/mol. The molecule has 0 aliphatic rings. The van der Waals surface area contributed by atoms with Crippen molar-refractivity contribution in [2.24, 2.45) is 11.3 Å². The first-order chi connectivity index (χ1) is 4.81. The molecule has 1 atom stereocenters. The molecule has 0 nitrogen and oxygen atoms in total. The molecule has 0 heteroatoms. The van der Waals surface area contributed by atoms with Crippen LogP contribution < -0.4 is 0 Å². The molecule has 0 saturated carbocycles. The molecule has 1 unspecified atom stereocenters. The molecular formula is C11H23. The lowest BCUT2D eigenvalue weighted by molar-refractivity contribution is 0.300. The Morgan fingerprint density at radius 3 is 1.91 bits per heavy atom. The Morgan fingerprint density at radius 1 is 1.18 bits per heavy atom. The lowest BCUT2D eigenvalue weighted by atomic mass is 9.82. The van der Waals surface area contributed by atoms with E-state index >= 15 is 0 Å². The molecule has 0 heterocycles. The van der Waals surface area contributed by atoms with Gasteiger partial charge >= 0.3 is 0 Å². The van der Waals surface area contributed by atoms with E-state index < -0.39 is 0 Å². The van der Waals surface area contributed by atoms with Crippen LogP contribution in [0, 0.1) is 17.3 Å². The average molecular weight is 155 g/mol. The molecule has 0 N–H and O–H groups in total. The summed E-state index contributed by atoms with van der Waals surface area (Å²) in [7, 11) is 0. The van der Waals surface area contributed by atoms with E-state index in [-0.39, 0.29) is 0 Å². The van der Waals surface area contributed by atoms with Crippen molar-refractivity contribution in [1.82, 2.24) is 0 Å². The highest BCUT2D eigenvalue weighted by Crippen LogP contribution is 2.28. The van der Waals surface area contributed by atoms with Crippen molar-refractivity contribution in [3.05, 3.63) is 5.92 Å². The fourth-order valence-electron chi connectivity index (χ4n) is 1.81. The Balaban J connectivity index is 3.61. The van der Waals surface area contributed by atoms with Crippen LogP contribution >= 0.6 is 0 Å². The molecule has 0 amide bonds. The van der Waals surface area contributed by atoms with Crippen molar-refractivity contribution in [3.8, 4) is 0 Å². The Hall–Kier alpha value is 0. The first kappa shape index (κ1) is 11.0. The van der Waals surface area contributed by atoms with Crippen molar-refractivity contribution < 1.29 is 0 Å². The van der Waals surface area contributed by atoms with E-state index in [1.165, 1.54) is 12.8 Å². The van der Waals surface area contributed by atoms with E-state index in [4.69, 9.17) is 0 Å². The molecule has 0 fully saturated rings. The average Bonchev–Trinajstić information content (AvgIpc) is 1.53. The summed E-state index contributed by atoms with van der Waals surface area (Å²) in [6.07, 6.45) is 2.62. The van der Waals surface area contributed by atoms with E-state index in [0.717, 1.165) is 5.92 Å². The van der Waals surface area contributed by atoms with Gasteiger partial charge in [-0.2, -0.15) is 0 Å². The molecule has 0 aromatic heterocycles. The predicted octanol–water partition coefficient (Wildman–Crippen LogP) is 4.06. The van der Waals surface area contributed by atoms with Gasteiger partial charge in [0.2, 0.25) is 0 Å². The molecule has 0 bridgehead atoms. The minimum absolute atomic E-state index is 0.495. The highest BCUT2D eigenvalue weighted by Gasteiger charge is 2.15. The van der Waals surface area contributed by atoms with Crippen LogP contribution in [0.25, 0.3) is 0 Å². The van der Waals surface area contributed by atoms with Crippen LogP contribution in [0.1, 0.15) is 54.4 Å². The smallest absolute Gasteiger partial charge is 0.0300 e. The molecule has 0 saturated heterocycles. The van der Waals surface area contributed by atoms with Crippen molar-refractivity contribution in [2.45, 2.75) is 54.4 Å². The molecule has 0 aliphatic heterocycles. The maximum atomic E-state index is 2.35. The second kappa shape index (κ2) is 4.13. The van der Waals surface area contributed by atoms with Gasteiger partial charge in [-0.05, 0) is 30.1 Å². The molecule has 0 aromatic carbocycles. The number of hydrogen-bond acceptors (Lipinski definition) is 0. The van der Waals surface area contributed by atoms with Crippen LogP contribution in [0.15, 0.2) is 0 Å². The van der Waals surface area contributed by atoms with Crippen LogP contribution in [-0.2, 0) is 0 Å². The largest absolute Gasteiger partial charge is 0.0625 e. The van der Waals surface area contributed by atoms with Gasteiger partial charge in [0, 0.05) is 0 Å². The summed E-state index contributed by atoms with van der Waals surface area (Å²) in [6, 6.07) is 0. The Labute approximate surface area is 72.4 Å². The lowest BCUT2D eigenvalue weighted by Gasteiger charge is -2.24. The lowest BCUT2D eigenvalue weighted by Crippen LogP contribution is -2.11. The molecule has 1 radical (unpaired) electrons. The standard InChI is InChI=1S/C11H23/c1-9(2)7-10(3)8-11(4,5)6/h10H,7-8H2,1-6H3. The summed E-state index contributed by atoms with van der Waals surface area (Å²) in [5, 5.41) is 0. The molecule has 0 aromatic rings. The number of rotatable bonds is 3. The summed E-state index contributed by atoms with van der Waals surface area (Å²) in [5.74, 6) is 2.40. The van der Waals surface area contributed by atoms with Gasteiger partial charge in [0.1, 0.15) is 0 Å². The first-order valence-electron chi connectivity index (χ1n) is 4.60. The third-order valence-corrected chi connectivity index (χ3v) is 1.72. The van der Waals surface area contributed by atoms with Crippen molar-refractivity contribution in [1.29, 1.82) is 0 Å². The van der Waals surface area contributed by atoms with Crippen LogP contribution in [-0.4, -0.2) is 0 Å². The van der Waals surface area contributed by atoms with Gasteiger partial charge in [0.05, 0.1) is 0 Å². The van der Waals surface area contributed by atoms with Crippen LogP contribution in [0.3, 0.4) is 0 Å². The van der Waals surface area contributed by atoms with E-state index in [1.54, 1.807) is 5.92 Å². The molecule has 0 spiro atoms. The zero-order valence-corrected chi connectivity index (χ0v) is 8.99. The highest BCUT2D eigenvalue weighted by atomic mass is 14.2. The third-order valence-electron chi connectivity index (χ3n) is 1.72. The fraction of sp³-hybridized carbons (Fsp3) is 0.909. The van der Waals surface area contributed by atoms with Gasteiger partial charge in [-0.1, -0.05) is 41.5 Å². The fourth-order valence-corrected chi connectivity index (χ4v) is 1.81. The zero-order valence-electron chi connectivity index (χ0n) is 8.99. The van der Waals surface area contributed by atoms with Gasteiger partial charge in [0.25, 0.3) is 0 Å². The van der Waals surface area contributed by atoms with Crippen molar-refractivity contribution >= 4 is 0 Å². The maximum absolute atomic E-state index is 2.35. The SMILES string of the molecule is C[C](C)CC(C)CC(C)(C)C. The quantitative estimate of drug-likeness (QED) is 0.576. The maximum Gasteiger partial charge on any atom is -0.0300 e. The summed E-state index contributed by atoms with van der Waals surface area (Å²) in [4.78, 5) is 0. The Kier molecular flexibility index (Phi) is 4.13. The minimum Gasteiger partial charge on any atom is -0.0625 e. The summed E-state index contributed by atoms with van der Waals surface area (Å²) >= 11 is 0. The van der Waals surface area contributed by atoms with Crippen LogP contribution in [0.4, 0.5) is 0 Å². The topological polar surface area (TPSA) is 0 Å². The first-order valence-corrected chi connectivity index (χ1v) is 4.60. The zero-order chi connectivity index (χ0) is 9.07. The molecule has 0 rings (SSSR count). The number of hydrogen-bond donors (Lipinski definition) is 0. The van der Waals surface area contributed by atoms with E-state index in [2.05, 4.69) is 41.5 Å². The van der Waals surface area contributed by atoms with Gasteiger partial charge < -0.3 is 0 Å². The van der Waals surface area contributed by atoms with E-state index in [1.807, 2.05) is 0 Å². The van der Waals surface area contributed by atoms with Gasteiger partial charge in [-0.15, -0.1) is 0 Å². The summed E-state index contributed by atoms with van der Waals surface area (Å²) < 4.78 is 0. The summed E-state index contributed by atoms with van der Waals surface area (Å²) in [6.45, 7) is 13.7. The normalized spacial score (nSPS) is 15.5. The van der Waals surface area contributed by atoms with Gasteiger partial charge in [0.15, 0.2) is 0 Å². The second-order valence-corrected chi connectivity index (χ2v) is 5.28. The molecule has 11 heavy (non-hydrogen) atoms. The molecule has 67 valence electrons. The van der Waals surface area contributed by atoms with Gasteiger partial charge in [-0.25, -0.2) is 0 Å². The Morgan fingerprint density at radius 2 is 1.64 bits per heavy atom. The predicted molar refractivity (Wildman–Crippen MR) is 52.4 cm³/mol. The van der Waals surface area contributed by atoms with Gasteiger partial charge in [-0.3, -0.25) is 0 Å². The third kappa shape index (κ3) is 7.90. The van der Waals surface area contributed by atoms with E-state index in [0.29, 0.717) is 5.41 Å². The van der Waals surface area contributed by atoms with E-state index in [9.17, 15) is 0 Å². The van der Waals surface area contributed by atoms with Crippen LogP contribution in [0.5, 0.6) is 0 Å². The summed E-state index contributed by atoms with van der Waals surface area (Å²) in [5.41, 5.74) is 0.495. The van der Waals surface area contributed by atoms with Crippen molar-refractivity contribution in [3.63, 3.8) is 0 Å². The van der Waals surface area contributed by atoms with Crippen molar-refractivity contribution in [2.75, 3.05) is 0 Å².